The van der Waals surface area contributed by atoms with Gasteiger partial charge in [-0.2, -0.15) is 113 Å². The molecule has 0 aromatic carbocycles. The van der Waals surface area contributed by atoms with Crippen LogP contribution in [0, 0.1) is 0 Å². The van der Waals surface area contributed by atoms with Gasteiger partial charge in [0.2, 0.25) is 0 Å². The summed E-state index contributed by atoms with van der Waals surface area (Å²) in [7, 11) is -20.2. The van der Waals surface area contributed by atoms with Crippen molar-refractivity contribution < 1.29 is 158 Å². The molecule has 18 nitrogen and oxygen atoms in total. The molecule has 0 spiro atoms. The lowest BCUT2D eigenvalue weighted by Crippen LogP contribution is -2.63. The second-order valence-electron chi connectivity index (χ2n) is 12.7. The molecule has 0 rings (SSSR count). The van der Waals surface area contributed by atoms with Crippen LogP contribution < -0.4 is 0 Å². The maximum atomic E-state index is 12.9. The molecule has 0 saturated carbocycles. The lowest BCUT2D eigenvalue weighted by molar-refractivity contribution is -0.343. The molecule has 0 aliphatic carbocycles. The Hall–Kier alpha value is -3.21. The summed E-state index contributed by atoms with van der Waals surface area (Å²) in [6.45, 7) is 4.20. The van der Waals surface area contributed by atoms with Crippen molar-refractivity contribution in [1.82, 2.24) is 0 Å². The van der Waals surface area contributed by atoms with E-state index in [-0.39, 0.29) is 58.3 Å². The highest BCUT2D eigenvalue weighted by Crippen LogP contribution is 2.54. The molecule has 0 unspecified atom stereocenters. The van der Waals surface area contributed by atoms with Crippen molar-refractivity contribution in [2.75, 3.05) is 48.8 Å². The number of esters is 3. The maximum Gasteiger partial charge on any atom is 0.466 e. The minimum absolute atomic E-state index is 0.0123. The van der Waals surface area contributed by atoms with Crippen LogP contribution in [0.25, 0.3) is 0 Å². The molecular weight excluding hydrogens is 1130 g/mol. The smallest absolute Gasteiger partial charge is 0.466 e. The zero-order valence-corrected chi connectivity index (χ0v) is 41.4. The molecule has 0 aromatic rings. The fraction of sp³-hybridized carbons (Fsp3) is 0.903. The zero-order valence-electron chi connectivity index (χ0n) is 38.1. The molecule has 40 heteroatoms. The van der Waals surface area contributed by atoms with Crippen molar-refractivity contribution in [1.29, 1.82) is 0 Å². The summed E-state index contributed by atoms with van der Waals surface area (Å²) in [6.07, 6.45) is 0.185. The van der Waals surface area contributed by atoms with Crippen molar-refractivity contribution in [3.8, 4) is 0 Å². The van der Waals surface area contributed by atoms with Crippen molar-refractivity contribution in [2.45, 2.75) is 130 Å². The number of carbonyl (C=O) groups is 3. The van der Waals surface area contributed by atoms with Gasteiger partial charge in [0, 0.05) is 20.3 Å². The van der Waals surface area contributed by atoms with E-state index >= 15 is 0 Å². The minimum atomic E-state index is -6.87. The molecule has 0 fully saturated rings. The van der Waals surface area contributed by atoms with E-state index in [1.165, 1.54) is 14.0 Å². The van der Waals surface area contributed by atoms with Gasteiger partial charge < -0.3 is 14.2 Å². The number of hydrogen-bond acceptors (Lipinski definition) is 18. The summed E-state index contributed by atoms with van der Waals surface area (Å²) in [6, 6.07) is 0. The summed E-state index contributed by atoms with van der Waals surface area (Å²) in [5.74, 6) is -31.2. The van der Waals surface area contributed by atoms with Crippen molar-refractivity contribution in [2.24, 2.45) is 0 Å². The average Bonchev–Trinajstić information content (AvgIpc) is 3.25. The first-order chi connectivity index (χ1) is 31.2. The Labute approximate surface area is 394 Å². The molecule has 71 heavy (non-hydrogen) atoms. The molecule has 0 atom stereocenters. The molecular formula is C31H48F18O18S4. The molecule has 0 radical (unpaired) electrons. The SMILES string of the molecule is CCCCC(F)(F)C(F)(F)S(=O)(=O)OC.CCCOC(=O)C(F)(F)S(=O)(=O)OC.CCCOC(=O)CCC(=O)OC.COS(=O)(=O)C(F)(F)C(C)(F)F.COS(=O)(=O)C(F)(F)C(F)(F)C(F)(F)C(C)(F)F. The third-order valence-electron chi connectivity index (χ3n) is 7.13. The monoisotopic (exact) mass is 1180 g/mol. The van der Waals surface area contributed by atoms with Gasteiger partial charge in [0.15, 0.2) is 0 Å². The van der Waals surface area contributed by atoms with Gasteiger partial charge in [-0.05, 0) is 19.3 Å². The lowest BCUT2D eigenvalue weighted by Gasteiger charge is -2.34. The Bertz CT molecular complexity index is 2100. The van der Waals surface area contributed by atoms with Crippen molar-refractivity contribution in [3.05, 3.63) is 0 Å². The van der Waals surface area contributed by atoms with E-state index in [0.29, 0.717) is 34.4 Å². The molecule has 0 saturated heterocycles. The fourth-order valence-electron chi connectivity index (χ4n) is 2.96. The van der Waals surface area contributed by atoms with Gasteiger partial charge in [-0.15, -0.1) is 0 Å². The number of rotatable bonds is 24. The Kier molecular flexibility index (Phi) is 31.4. The molecule has 0 heterocycles. The highest BCUT2D eigenvalue weighted by molar-refractivity contribution is 7.89. The minimum Gasteiger partial charge on any atom is -0.469 e. The van der Waals surface area contributed by atoms with Crippen molar-refractivity contribution >= 4 is 58.4 Å². The van der Waals surface area contributed by atoms with E-state index in [4.69, 9.17) is 4.74 Å². The van der Waals surface area contributed by atoms with Gasteiger partial charge in [0.05, 0.1) is 61.6 Å². The van der Waals surface area contributed by atoms with Gasteiger partial charge in [-0.25, -0.2) is 4.79 Å². The van der Waals surface area contributed by atoms with Crippen LogP contribution in [-0.2, 0) is 85.8 Å². The summed E-state index contributed by atoms with van der Waals surface area (Å²) in [5, 5.41) is -21.6. The highest BCUT2D eigenvalue weighted by Gasteiger charge is 2.83. The van der Waals surface area contributed by atoms with E-state index in [9.17, 15) is 127 Å². The number of halogens is 18. The third kappa shape index (κ3) is 20.9. The van der Waals surface area contributed by atoms with Crippen molar-refractivity contribution in [3.63, 3.8) is 0 Å². The number of alkyl halides is 18. The first-order valence-corrected chi connectivity index (χ1v) is 23.9. The van der Waals surface area contributed by atoms with E-state index in [2.05, 4.69) is 26.2 Å². The molecule has 430 valence electrons. The van der Waals surface area contributed by atoms with Gasteiger partial charge >= 0.3 is 109 Å². The number of hydrogen-bond donors (Lipinski definition) is 0. The normalized spacial score (nSPS) is 13.6. The van der Waals surface area contributed by atoms with Gasteiger partial charge in [-0.1, -0.05) is 27.2 Å². The van der Waals surface area contributed by atoms with Crippen LogP contribution in [0.15, 0.2) is 0 Å². The zero-order chi connectivity index (χ0) is 58.5. The van der Waals surface area contributed by atoms with Crippen LogP contribution in [-0.4, -0.2) is 151 Å². The van der Waals surface area contributed by atoms with Crippen LogP contribution in [0.4, 0.5) is 79.0 Å². The Morgan fingerprint density at radius 3 is 1.06 bits per heavy atom. The largest absolute Gasteiger partial charge is 0.469 e. The molecule has 0 aromatic heterocycles. The van der Waals surface area contributed by atoms with Gasteiger partial charge in [0.1, 0.15) is 0 Å². The second kappa shape index (κ2) is 29.0. The number of unbranched alkanes of at least 4 members (excludes halogenated alkanes) is 1. The topological polar surface area (TPSA) is 252 Å². The van der Waals surface area contributed by atoms with E-state index in [0.717, 1.165) is 6.42 Å². The lowest BCUT2D eigenvalue weighted by atomic mass is 10.1. The quantitative estimate of drug-likeness (QED) is 0.0393. The Balaban J connectivity index is -0.000000258. The Morgan fingerprint density at radius 2 is 0.761 bits per heavy atom. The van der Waals surface area contributed by atoms with Crippen LogP contribution in [0.3, 0.4) is 0 Å². The Morgan fingerprint density at radius 1 is 0.423 bits per heavy atom. The van der Waals surface area contributed by atoms with Gasteiger partial charge in [0.25, 0.3) is 0 Å². The van der Waals surface area contributed by atoms with E-state index in [1.54, 1.807) is 6.92 Å². The van der Waals surface area contributed by atoms with Crippen LogP contribution in [0.5, 0.6) is 0 Å². The van der Waals surface area contributed by atoms with Crippen LogP contribution in [0.2, 0.25) is 0 Å². The predicted octanol–water partition coefficient (Wildman–Crippen LogP) is 7.47. The predicted molar refractivity (Wildman–Crippen MR) is 203 cm³/mol. The molecule has 0 aliphatic rings. The molecule has 0 amide bonds. The van der Waals surface area contributed by atoms with E-state index in [1.807, 2.05) is 6.92 Å². The molecule has 0 aliphatic heterocycles. The molecule has 0 bridgehead atoms. The summed E-state index contributed by atoms with van der Waals surface area (Å²) < 4.78 is 336. The first-order valence-electron chi connectivity index (χ1n) is 18.2. The highest BCUT2D eigenvalue weighted by atomic mass is 32.2. The fourth-order valence-corrected chi connectivity index (χ4v) is 5.41. The van der Waals surface area contributed by atoms with Crippen LogP contribution >= 0.6 is 0 Å². The summed E-state index contributed by atoms with van der Waals surface area (Å²) >= 11 is 0. The third-order valence-corrected chi connectivity index (χ3v) is 12.5. The van der Waals surface area contributed by atoms with Crippen LogP contribution in [0.1, 0.15) is 79.6 Å². The number of ether oxygens (including phenoxy) is 3. The number of methoxy groups -OCH3 is 1. The van der Waals surface area contributed by atoms with E-state index < -0.39 is 110 Å². The summed E-state index contributed by atoms with van der Waals surface area (Å²) in [4.78, 5) is 32.0. The average molecular weight is 1180 g/mol. The first kappa shape index (κ1) is 76.7. The molecule has 0 N–H and O–H groups in total. The standard InChI is InChI=1S/C8H14O4.C7H12F4O3S.C6H6F8O3S.C6H10F2O5S.C4H6F4O3S/c1-3-6-12-8(10)5-4-7(9)11-2;1-3-4-5-6(8,9)7(10,11)15(12,13)14-2;1-3(7,8)4(9,10)5(11,12)6(13,14)18(15,16)17-2;1-3-4-13-5(9)6(7,8)14(10,11)12-2;1-3(5,6)4(7,8)12(9,10)11-2/h3-6H2,1-2H3;3-5H2,1-2H3;1-2H3;3-4H2,1-2H3;1-2H3. The summed E-state index contributed by atoms with van der Waals surface area (Å²) in [5.41, 5.74) is 0. The second-order valence-corrected chi connectivity index (χ2v) is 19.7. The maximum absolute atomic E-state index is 12.9. The van der Waals surface area contributed by atoms with Gasteiger partial charge in [-0.3, -0.25) is 26.3 Å². The number of carbonyl (C=O) groups excluding carboxylic acids is 3.